The second kappa shape index (κ2) is 6.76. The average Bonchev–Trinajstić information content (AvgIpc) is 2.48. The first-order valence-electron chi connectivity index (χ1n) is 7.40. The van der Waals surface area contributed by atoms with Crippen LogP contribution in [0.25, 0.3) is 0 Å². The third-order valence-electron chi connectivity index (χ3n) is 4.02. The SMILES string of the molecule is CC(=O)Nc1ccc(C(=O)N2CC(C(=O)O)CCC2C)cc1F. The van der Waals surface area contributed by atoms with Gasteiger partial charge in [-0.1, -0.05) is 0 Å². The lowest BCUT2D eigenvalue weighted by molar-refractivity contribution is -0.143. The third-order valence-corrected chi connectivity index (χ3v) is 4.02. The van der Waals surface area contributed by atoms with Crippen molar-refractivity contribution in [1.29, 1.82) is 0 Å². The Bertz CT molecular complexity index is 647. The highest BCUT2D eigenvalue weighted by Crippen LogP contribution is 2.25. The van der Waals surface area contributed by atoms with Gasteiger partial charge in [0.05, 0.1) is 11.6 Å². The van der Waals surface area contributed by atoms with Crippen molar-refractivity contribution in [3.8, 4) is 0 Å². The van der Waals surface area contributed by atoms with Crippen LogP contribution in [0.3, 0.4) is 0 Å². The molecular weight excluding hydrogens is 303 g/mol. The van der Waals surface area contributed by atoms with E-state index in [0.717, 1.165) is 6.07 Å². The van der Waals surface area contributed by atoms with Crippen LogP contribution in [0.5, 0.6) is 0 Å². The number of benzene rings is 1. The summed E-state index contributed by atoms with van der Waals surface area (Å²) in [6.07, 6.45) is 1.12. The Kier molecular flexibility index (Phi) is 4.98. The van der Waals surface area contributed by atoms with Crippen LogP contribution in [-0.2, 0) is 9.59 Å². The number of halogens is 1. The summed E-state index contributed by atoms with van der Waals surface area (Å²) in [5.41, 5.74) is 0.138. The molecule has 2 amide bonds. The van der Waals surface area contributed by atoms with E-state index in [1.807, 2.05) is 6.92 Å². The van der Waals surface area contributed by atoms with E-state index in [-0.39, 0.29) is 23.8 Å². The molecule has 2 atom stereocenters. The van der Waals surface area contributed by atoms with Gasteiger partial charge in [0.2, 0.25) is 5.91 Å². The number of aliphatic carboxylic acids is 1. The Morgan fingerprint density at radius 2 is 2.00 bits per heavy atom. The molecule has 23 heavy (non-hydrogen) atoms. The van der Waals surface area contributed by atoms with Crippen LogP contribution in [0.15, 0.2) is 18.2 Å². The van der Waals surface area contributed by atoms with Gasteiger partial charge in [-0.25, -0.2) is 4.39 Å². The van der Waals surface area contributed by atoms with Crippen molar-refractivity contribution in [3.05, 3.63) is 29.6 Å². The Balaban J connectivity index is 2.20. The van der Waals surface area contributed by atoms with Gasteiger partial charge in [0.1, 0.15) is 5.82 Å². The minimum absolute atomic E-state index is 0.00385. The van der Waals surface area contributed by atoms with Crippen molar-refractivity contribution >= 4 is 23.5 Å². The maximum absolute atomic E-state index is 14.0. The quantitative estimate of drug-likeness (QED) is 0.892. The summed E-state index contributed by atoms with van der Waals surface area (Å²) in [5.74, 6) is -3.04. The highest BCUT2D eigenvalue weighted by molar-refractivity contribution is 5.96. The van der Waals surface area contributed by atoms with Gasteiger partial charge in [0.25, 0.3) is 5.91 Å². The van der Waals surface area contributed by atoms with Crippen molar-refractivity contribution in [2.75, 3.05) is 11.9 Å². The largest absolute Gasteiger partial charge is 0.481 e. The normalized spacial score (nSPS) is 20.9. The Labute approximate surface area is 133 Å². The standard InChI is InChI=1S/C16H19FN2O4/c1-9-3-4-12(16(22)23)8-19(9)15(21)11-5-6-14(13(17)7-11)18-10(2)20/h5-7,9,12H,3-4,8H2,1-2H3,(H,18,20)(H,22,23). The predicted molar refractivity (Wildman–Crippen MR) is 81.6 cm³/mol. The summed E-state index contributed by atoms with van der Waals surface area (Å²) in [7, 11) is 0. The molecule has 2 unspecified atom stereocenters. The minimum atomic E-state index is -0.929. The number of carboxylic acid groups (broad SMARTS) is 1. The summed E-state index contributed by atoms with van der Waals surface area (Å²) in [5, 5.41) is 11.5. The van der Waals surface area contributed by atoms with Crippen LogP contribution in [0.4, 0.5) is 10.1 Å². The van der Waals surface area contributed by atoms with Gasteiger partial charge >= 0.3 is 5.97 Å². The number of nitrogens with one attached hydrogen (secondary N) is 1. The second-order valence-corrected chi connectivity index (χ2v) is 5.79. The van der Waals surface area contributed by atoms with Gasteiger partial charge in [-0.05, 0) is 38.0 Å². The van der Waals surface area contributed by atoms with E-state index < -0.39 is 29.5 Å². The lowest BCUT2D eigenvalue weighted by Gasteiger charge is -2.36. The maximum Gasteiger partial charge on any atom is 0.308 e. The molecule has 0 bridgehead atoms. The summed E-state index contributed by atoms with van der Waals surface area (Å²) < 4.78 is 14.0. The molecule has 0 saturated carbocycles. The number of hydrogen-bond donors (Lipinski definition) is 2. The molecule has 1 aliphatic heterocycles. The lowest BCUT2D eigenvalue weighted by atomic mass is 9.93. The second-order valence-electron chi connectivity index (χ2n) is 5.79. The first-order chi connectivity index (χ1) is 10.8. The highest BCUT2D eigenvalue weighted by atomic mass is 19.1. The van der Waals surface area contributed by atoms with Crippen molar-refractivity contribution in [2.45, 2.75) is 32.7 Å². The van der Waals surface area contributed by atoms with Crippen molar-refractivity contribution in [2.24, 2.45) is 5.92 Å². The first-order valence-corrected chi connectivity index (χ1v) is 7.40. The van der Waals surface area contributed by atoms with Crippen LogP contribution in [0.1, 0.15) is 37.0 Å². The predicted octanol–water partition coefficient (Wildman–Crippen LogP) is 2.11. The molecule has 2 N–H and O–H groups in total. The molecule has 1 saturated heterocycles. The highest BCUT2D eigenvalue weighted by Gasteiger charge is 2.33. The summed E-state index contributed by atoms with van der Waals surface area (Å²) in [6, 6.07) is 3.71. The van der Waals surface area contributed by atoms with E-state index in [2.05, 4.69) is 5.32 Å². The van der Waals surface area contributed by atoms with Gasteiger partial charge in [0.15, 0.2) is 0 Å². The van der Waals surface area contributed by atoms with Crippen molar-refractivity contribution in [1.82, 2.24) is 4.90 Å². The van der Waals surface area contributed by atoms with E-state index >= 15 is 0 Å². The van der Waals surface area contributed by atoms with Crippen molar-refractivity contribution in [3.63, 3.8) is 0 Å². The Morgan fingerprint density at radius 3 is 2.57 bits per heavy atom. The number of likely N-dealkylation sites (tertiary alicyclic amines) is 1. The van der Waals surface area contributed by atoms with Gasteiger partial charge in [-0.3, -0.25) is 14.4 Å². The van der Waals surface area contributed by atoms with E-state index in [0.29, 0.717) is 12.8 Å². The fourth-order valence-electron chi connectivity index (χ4n) is 2.70. The zero-order valence-corrected chi connectivity index (χ0v) is 13.0. The molecule has 1 fully saturated rings. The molecule has 1 aromatic rings. The smallest absolute Gasteiger partial charge is 0.308 e. The number of amides is 2. The molecule has 1 aromatic carbocycles. The van der Waals surface area contributed by atoms with Crippen LogP contribution >= 0.6 is 0 Å². The van der Waals surface area contributed by atoms with E-state index in [4.69, 9.17) is 5.11 Å². The van der Waals surface area contributed by atoms with Crippen molar-refractivity contribution < 1.29 is 23.9 Å². The van der Waals surface area contributed by atoms with Gasteiger partial charge in [0, 0.05) is 25.1 Å². The molecule has 0 spiro atoms. The third kappa shape index (κ3) is 3.85. The zero-order valence-electron chi connectivity index (χ0n) is 13.0. The molecule has 0 radical (unpaired) electrons. The zero-order chi connectivity index (χ0) is 17.1. The van der Waals surface area contributed by atoms with Gasteiger partial charge in [-0.15, -0.1) is 0 Å². The maximum atomic E-state index is 14.0. The molecule has 6 nitrogen and oxygen atoms in total. The lowest BCUT2D eigenvalue weighted by Crippen LogP contribution is -2.47. The van der Waals surface area contributed by atoms with Crippen LogP contribution in [-0.4, -0.2) is 40.4 Å². The summed E-state index contributed by atoms with van der Waals surface area (Å²) >= 11 is 0. The number of nitrogens with zero attached hydrogens (tertiary/aromatic N) is 1. The fraction of sp³-hybridized carbons (Fsp3) is 0.438. The van der Waals surface area contributed by atoms with Crippen LogP contribution in [0.2, 0.25) is 0 Å². The first kappa shape index (κ1) is 16.9. The van der Waals surface area contributed by atoms with Gasteiger partial charge < -0.3 is 15.3 Å². The molecule has 0 aromatic heterocycles. The van der Waals surface area contributed by atoms with E-state index in [9.17, 15) is 18.8 Å². The average molecular weight is 322 g/mol. The molecule has 1 aliphatic rings. The molecule has 1 heterocycles. The van der Waals surface area contributed by atoms with Crippen LogP contribution < -0.4 is 5.32 Å². The topological polar surface area (TPSA) is 86.7 Å². The number of carbonyl (C=O) groups is 3. The molecule has 2 rings (SSSR count). The number of carboxylic acids is 1. The monoisotopic (exact) mass is 322 g/mol. The van der Waals surface area contributed by atoms with E-state index in [1.165, 1.54) is 24.0 Å². The Hall–Kier alpha value is -2.44. The van der Waals surface area contributed by atoms with E-state index in [1.54, 1.807) is 0 Å². The summed E-state index contributed by atoms with van der Waals surface area (Å²) in [4.78, 5) is 36.1. The number of hydrogen-bond acceptors (Lipinski definition) is 3. The minimum Gasteiger partial charge on any atom is -0.481 e. The number of piperidine rings is 1. The molecule has 0 aliphatic carbocycles. The number of anilines is 1. The fourth-order valence-corrected chi connectivity index (χ4v) is 2.70. The number of carbonyl (C=O) groups excluding carboxylic acids is 2. The molecule has 7 heteroatoms. The van der Waals surface area contributed by atoms with Gasteiger partial charge in [-0.2, -0.15) is 0 Å². The summed E-state index contributed by atoms with van der Waals surface area (Å²) in [6.45, 7) is 3.22. The number of rotatable bonds is 3. The Morgan fingerprint density at radius 1 is 1.30 bits per heavy atom. The molecule has 124 valence electrons. The molecular formula is C16H19FN2O4. The van der Waals surface area contributed by atoms with Crippen LogP contribution in [0, 0.1) is 11.7 Å².